The van der Waals surface area contributed by atoms with Crippen LogP contribution in [0.3, 0.4) is 0 Å². The van der Waals surface area contributed by atoms with Crippen molar-refractivity contribution in [3.63, 3.8) is 0 Å². The average Bonchev–Trinajstić information content (AvgIpc) is 2.67. The van der Waals surface area contributed by atoms with Crippen LogP contribution in [0, 0.1) is 5.92 Å². The third-order valence-electron chi connectivity index (χ3n) is 5.87. The first-order chi connectivity index (χ1) is 12.7. The highest BCUT2D eigenvalue weighted by molar-refractivity contribution is 5.73. The number of hydrogen-bond donors (Lipinski definition) is 1. The van der Waals surface area contributed by atoms with Gasteiger partial charge in [0, 0.05) is 0 Å². The summed E-state index contributed by atoms with van der Waals surface area (Å²) in [5.74, 6) is -0.642. The maximum atomic E-state index is 12.2. The Bertz CT molecular complexity index is 745. The summed E-state index contributed by atoms with van der Waals surface area (Å²) in [6.45, 7) is 5.72. The Kier molecular flexibility index (Phi) is 5.15. The SMILES string of the molecule is COC(=O)C1CCC(C)(C(O)(c2ccccc2)c2ccccc2)OC1(C)C. The minimum absolute atomic E-state index is 0.273. The van der Waals surface area contributed by atoms with Gasteiger partial charge in [-0.3, -0.25) is 4.79 Å². The molecule has 0 bridgehead atoms. The van der Waals surface area contributed by atoms with E-state index in [-0.39, 0.29) is 11.9 Å². The largest absolute Gasteiger partial charge is 0.469 e. The molecule has 1 N–H and O–H groups in total. The second-order valence-corrected chi connectivity index (χ2v) is 7.99. The van der Waals surface area contributed by atoms with Crippen LogP contribution in [-0.2, 0) is 19.9 Å². The van der Waals surface area contributed by atoms with Crippen LogP contribution in [0.25, 0.3) is 0 Å². The maximum Gasteiger partial charge on any atom is 0.311 e. The number of ether oxygens (including phenoxy) is 2. The number of aliphatic hydroxyl groups is 1. The maximum absolute atomic E-state index is 12.2. The van der Waals surface area contributed by atoms with E-state index in [1.807, 2.05) is 81.4 Å². The fourth-order valence-electron chi connectivity index (χ4n) is 4.40. The molecular weight excluding hydrogens is 340 g/mol. The molecule has 1 heterocycles. The Hall–Kier alpha value is -2.17. The average molecular weight is 368 g/mol. The third kappa shape index (κ3) is 3.28. The van der Waals surface area contributed by atoms with Gasteiger partial charge in [-0.05, 0) is 44.7 Å². The smallest absolute Gasteiger partial charge is 0.311 e. The molecule has 0 saturated carbocycles. The molecule has 2 aromatic rings. The molecule has 2 atom stereocenters. The van der Waals surface area contributed by atoms with Crippen molar-refractivity contribution in [1.29, 1.82) is 0 Å². The monoisotopic (exact) mass is 368 g/mol. The van der Waals surface area contributed by atoms with Gasteiger partial charge in [-0.25, -0.2) is 0 Å². The number of carbonyl (C=O) groups excluding carboxylic acids is 1. The van der Waals surface area contributed by atoms with Gasteiger partial charge in [0.15, 0.2) is 0 Å². The van der Waals surface area contributed by atoms with Crippen molar-refractivity contribution in [2.24, 2.45) is 5.92 Å². The van der Waals surface area contributed by atoms with Crippen molar-refractivity contribution in [2.45, 2.75) is 50.4 Å². The zero-order valence-electron chi connectivity index (χ0n) is 16.4. The lowest BCUT2D eigenvalue weighted by atomic mass is 9.67. The summed E-state index contributed by atoms with van der Waals surface area (Å²) >= 11 is 0. The number of esters is 1. The van der Waals surface area contributed by atoms with E-state index in [1.165, 1.54) is 7.11 Å². The Labute approximate surface area is 161 Å². The highest BCUT2D eigenvalue weighted by Gasteiger charge is 2.57. The zero-order chi connectivity index (χ0) is 19.7. The normalized spacial score (nSPS) is 25.0. The van der Waals surface area contributed by atoms with E-state index in [0.29, 0.717) is 12.8 Å². The van der Waals surface area contributed by atoms with Crippen LogP contribution in [0.4, 0.5) is 0 Å². The van der Waals surface area contributed by atoms with E-state index >= 15 is 0 Å². The van der Waals surface area contributed by atoms with Crippen LogP contribution in [0.1, 0.15) is 44.7 Å². The minimum Gasteiger partial charge on any atom is -0.469 e. The molecule has 0 spiro atoms. The van der Waals surface area contributed by atoms with Gasteiger partial charge in [-0.15, -0.1) is 0 Å². The quantitative estimate of drug-likeness (QED) is 0.827. The summed E-state index contributed by atoms with van der Waals surface area (Å²) in [5, 5.41) is 12.1. The van der Waals surface area contributed by atoms with Gasteiger partial charge in [0.05, 0.1) is 18.6 Å². The van der Waals surface area contributed by atoms with Gasteiger partial charge in [0.1, 0.15) is 11.2 Å². The summed E-state index contributed by atoms with van der Waals surface area (Å²) < 4.78 is 11.5. The molecule has 3 rings (SSSR count). The van der Waals surface area contributed by atoms with Crippen molar-refractivity contribution < 1.29 is 19.4 Å². The fourth-order valence-corrected chi connectivity index (χ4v) is 4.40. The summed E-state index contributed by atoms with van der Waals surface area (Å²) in [5.41, 5.74) is -1.49. The van der Waals surface area contributed by atoms with Gasteiger partial charge < -0.3 is 14.6 Å². The van der Waals surface area contributed by atoms with Gasteiger partial charge in [0.2, 0.25) is 0 Å². The lowest BCUT2D eigenvalue weighted by Gasteiger charge is -2.54. The Morgan fingerprint density at radius 3 is 1.93 bits per heavy atom. The predicted octanol–water partition coefficient (Wildman–Crippen LogP) is 4.06. The first-order valence-electron chi connectivity index (χ1n) is 9.36. The molecule has 1 fully saturated rings. The molecule has 2 aromatic carbocycles. The van der Waals surface area contributed by atoms with Crippen molar-refractivity contribution in [3.8, 4) is 0 Å². The molecule has 0 amide bonds. The number of carbonyl (C=O) groups is 1. The highest BCUT2D eigenvalue weighted by atomic mass is 16.6. The standard InChI is InChI=1S/C23H28O4/c1-21(2)19(20(24)26-4)15-16-22(3,27-21)23(25,17-11-7-5-8-12-17)18-13-9-6-10-14-18/h5-14,19,25H,15-16H2,1-4H3. The number of benzene rings is 2. The number of methoxy groups -OCH3 is 1. The molecule has 1 aliphatic rings. The van der Waals surface area contributed by atoms with Gasteiger partial charge >= 0.3 is 5.97 Å². The van der Waals surface area contributed by atoms with E-state index in [9.17, 15) is 9.90 Å². The van der Waals surface area contributed by atoms with Crippen molar-refractivity contribution in [1.82, 2.24) is 0 Å². The molecular formula is C23H28O4. The molecule has 2 unspecified atom stereocenters. The topological polar surface area (TPSA) is 55.8 Å². The van der Waals surface area contributed by atoms with Crippen LogP contribution in [0.15, 0.2) is 60.7 Å². The van der Waals surface area contributed by atoms with Gasteiger partial charge in [0.25, 0.3) is 0 Å². The van der Waals surface area contributed by atoms with Crippen LogP contribution in [0.2, 0.25) is 0 Å². The minimum atomic E-state index is -1.35. The predicted molar refractivity (Wildman–Crippen MR) is 104 cm³/mol. The second-order valence-electron chi connectivity index (χ2n) is 7.99. The van der Waals surface area contributed by atoms with Crippen LogP contribution in [0.5, 0.6) is 0 Å². The van der Waals surface area contributed by atoms with E-state index in [1.54, 1.807) is 0 Å². The molecule has 0 radical (unpaired) electrons. The van der Waals surface area contributed by atoms with E-state index in [0.717, 1.165) is 11.1 Å². The van der Waals surface area contributed by atoms with E-state index in [2.05, 4.69) is 0 Å². The molecule has 4 heteroatoms. The Balaban J connectivity index is 2.10. The van der Waals surface area contributed by atoms with Gasteiger partial charge in [-0.1, -0.05) is 60.7 Å². The number of hydrogen-bond acceptors (Lipinski definition) is 4. The third-order valence-corrected chi connectivity index (χ3v) is 5.87. The van der Waals surface area contributed by atoms with E-state index < -0.39 is 16.8 Å². The Morgan fingerprint density at radius 1 is 1.04 bits per heavy atom. The van der Waals surface area contributed by atoms with Gasteiger partial charge in [-0.2, -0.15) is 0 Å². The summed E-state index contributed by atoms with van der Waals surface area (Å²) in [6.07, 6.45) is 1.11. The summed E-state index contributed by atoms with van der Waals surface area (Å²) in [6, 6.07) is 19.2. The van der Waals surface area contributed by atoms with Crippen LogP contribution < -0.4 is 0 Å². The van der Waals surface area contributed by atoms with Crippen LogP contribution in [-0.4, -0.2) is 29.4 Å². The molecule has 1 aliphatic heterocycles. The molecule has 0 aromatic heterocycles. The molecule has 4 nitrogen and oxygen atoms in total. The zero-order valence-corrected chi connectivity index (χ0v) is 16.4. The molecule has 0 aliphatic carbocycles. The second kappa shape index (κ2) is 7.10. The summed E-state index contributed by atoms with van der Waals surface area (Å²) in [4.78, 5) is 12.2. The lowest BCUT2D eigenvalue weighted by Crippen LogP contribution is -2.61. The van der Waals surface area contributed by atoms with Crippen molar-refractivity contribution in [3.05, 3.63) is 71.8 Å². The number of rotatable bonds is 4. The summed E-state index contributed by atoms with van der Waals surface area (Å²) in [7, 11) is 1.40. The molecule has 1 saturated heterocycles. The molecule has 27 heavy (non-hydrogen) atoms. The van der Waals surface area contributed by atoms with E-state index in [4.69, 9.17) is 9.47 Å². The first kappa shape index (κ1) is 19.6. The highest BCUT2D eigenvalue weighted by Crippen LogP contribution is 2.51. The molecule has 144 valence electrons. The Morgan fingerprint density at radius 2 is 1.52 bits per heavy atom. The first-order valence-corrected chi connectivity index (χ1v) is 9.36. The van der Waals surface area contributed by atoms with Crippen molar-refractivity contribution in [2.75, 3.05) is 7.11 Å². The van der Waals surface area contributed by atoms with Crippen molar-refractivity contribution >= 4 is 5.97 Å². The van der Waals surface area contributed by atoms with Crippen LogP contribution >= 0.6 is 0 Å². The lowest BCUT2D eigenvalue weighted by molar-refractivity contribution is -0.257. The fraction of sp³-hybridized carbons (Fsp3) is 0.435.